The zero-order valence-corrected chi connectivity index (χ0v) is 14.0. The third-order valence-corrected chi connectivity index (χ3v) is 5.33. The lowest BCUT2D eigenvalue weighted by Crippen LogP contribution is -2.54. The Hall–Kier alpha value is -1.24. The number of nitrogens with zero attached hydrogens (tertiary/aromatic N) is 1. The second kappa shape index (κ2) is 7.15. The zero-order valence-electron chi connectivity index (χ0n) is 13.2. The number of hydrogen-bond acceptors (Lipinski definition) is 5. The predicted octanol–water partition coefficient (Wildman–Crippen LogP) is 1.00. The van der Waals surface area contributed by atoms with E-state index in [0.717, 1.165) is 6.42 Å². The van der Waals surface area contributed by atoms with Crippen LogP contribution in [0.15, 0.2) is 0 Å². The van der Waals surface area contributed by atoms with Crippen molar-refractivity contribution in [1.82, 2.24) is 10.2 Å². The molecule has 7 heteroatoms. The number of carbonyl (C=O) groups is 3. The summed E-state index contributed by atoms with van der Waals surface area (Å²) in [6.07, 6.45) is 1.43. The van der Waals surface area contributed by atoms with Crippen LogP contribution in [0, 0.1) is 5.92 Å². The van der Waals surface area contributed by atoms with Gasteiger partial charge in [-0.15, -0.1) is 11.8 Å². The van der Waals surface area contributed by atoms with Crippen molar-refractivity contribution in [3.63, 3.8) is 0 Å². The molecule has 1 heterocycles. The van der Waals surface area contributed by atoms with Crippen LogP contribution < -0.4 is 5.32 Å². The van der Waals surface area contributed by atoms with E-state index in [1.807, 2.05) is 27.7 Å². The average molecular weight is 316 g/mol. The lowest BCUT2D eigenvalue weighted by molar-refractivity contribution is -0.147. The molecule has 0 aliphatic carbocycles. The number of nitrogens with one attached hydrogen (secondary N) is 1. The molecule has 21 heavy (non-hydrogen) atoms. The van der Waals surface area contributed by atoms with Crippen molar-refractivity contribution in [3.8, 4) is 0 Å². The van der Waals surface area contributed by atoms with Crippen molar-refractivity contribution < 1.29 is 19.1 Å². The summed E-state index contributed by atoms with van der Waals surface area (Å²) in [4.78, 5) is 36.6. The Kier molecular flexibility index (Phi) is 6.07. The predicted molar refractivity (Wildman–Crippen MR) is 81.6 cm³/mol. The van der Waals surface area contributed by atoms with Gasteiger partial charge < -0.3 is 15.0 Å². The molecule has 1 aliphatic rings. The van der Waals surface area contributed by atoms with E-state index in [-0.39, 0.29) is 11.8 Å². The molecule has 1 N–H and O–H groups in total. The molecule has 3 atom stereocenters. The van der Waals surface area contributed by atoms with E-state index in [1.165, 1.54) is 12.0 Å². The molecular weight excluding hydrogens is 292 g/mol. The summed E-state index contributed by atoms with van der Waals surface area (Å²) in [5.41, 5.74) is 0. The summed E-state index contributed by atoms with van der Waals surface area (Å²) < 4.78 is 4.75. The normalized spacial score (nSPS) is 23.3. The number of esters is 1. The molecule has 1 fully saturated rings. The van der Waals surface area contributed by atoms with Crippen LogP contribution in [0.4, 0.5) is 0 Å². The molecular formula is C14H24N2O4S. The van der Waals surface area contributed by atoms with E-state index in [2.05, 4.69) is 5.32 Å². The molecule has 1 rings (SSSR count). The lowest BCUT2D eigenvalue weighted by Gasteiger charge is -2.31. The quantitative estimate of drug-likeness (QED) is 0.584. The van der Waals surface area contributed by atoms with E-state index >= 15 is 0 Å². The number of thioether (sulfide) groups is 1. The highest BCUT2D eigenvalue weighted by Gasteiger charge is 2.44. The number of hydrogen-bond donors (Lipinski definition) is 1. The highest BCUT2D eigenvalue weighted by Crippen LogP contribution is 2.37. The van der Waals surface area contributed by atoms with Crippen molar-refractivity contribution in [2.75, 3.05) is 12.9 Å². The summed E-state index contributed by atoms with van der Waals surface area (Å²) in [6, 6.07) is -1.24. The molecule has 120 valence electrons. The van der Waals surface area contributed by atoms with E-state index in [0.29, 0.717) is 12.2 Å². The van der Waals surface area contributed by atoms with Gasteiger partial charge in [0.15, 0.2) is 0 Å². The lowest BCUT2D eigenvalue weighted by atomic mass is 9.99. The standard InChI is InChI=1S/C14H24N2O4S/c1-6-9(2)11(13(19)20-5)15-12(18)10-7-21-14(3,4)16(10)8-17/h8-11H,6-7H2,1-5H3,(H,15,18)/t9-,10-,11+/m0/s1. The van der Waals surface area contributed by atoms with Gasteiger partial charge in [-0.2, -0.15) is 0 Å². The maximum atomic E-state index is 12.4. The Morgan fingerprint density at radius 2 is 2.14 bits per heavy atom. The molecule has 1 aliphatic heterocycles. The van der Waals surface area contributed by atoms with Crippen LogP contribution in [0.25, 0.3) is 0 Å². The minimum absolute atomic E-state index is 0.0341. The SMILES string of the molecule is CC[C@H](C)[C@@H](NC(=O)[C@@H]1CSC(C)(C)N1C=O)C(=O)OC. The maximum Gasteiger partial charge on any atom is 0.328 e. The molecule has 2 amide bonds. The van der Waals surface area contributed by atoms with Gasteiger partial charge in [0, 0.05) is 5.75 Å². The third kappa shape index (κ3) is 3.90. The van der Waals surface area contributed by atoms with Crippen molar-refractivity contribution in [2.24, 2.45) is 5.92 Å². The highest BCUT2D eigenvalue weighted by atomic mass is 32.2. The van der Waals surface area contributed by atoms with Gasteiger partial charge in [0.1, 0.15) is 12.1 Å². The molecule has 0 aromatic rings. The van der Waals surface area contributed by atoms with E-state index in [9.17, 15) is 14.4 Å². The maximum absolute atomic E-state index is 12.4. The number of ether oxygens (including phenoxy) is 1. The van der Waals surface area contributed by atoms with Gasteiger partial charge in [0.25, 0.3) is 0 Å². The van der Waals surface area contributed by atoms with Gasteiger partial charge >= 0.3 is 5.97 Å². The first-order chi connectivity index (χ1) is 9.78. The van der Waals surface area contributed by atoms with Crippen molar-refractivity contribution in [3.05, 3.63) is 0 Å². The van der Waals surface area contributed by atoms with E-state index < -0.39 is 22.9 Å². The van der Waals surface area contributed by atoms with Crippen LogP contribution in [0.1, 0.15) is 34.1 Å². The third-order valence-electron chi connectivity index (χ3n) is 3.93. The molecule has 0 aromatic carbocycles. The number of methoxy groups -OCH3 is 1. The summed E-state index contributed by atoms with van der Waals surface area (Å²) in [7, 11) is 1.30. The van der Waals surface area contributed by atoms with Gasteiger partial charge in [-0.3, -0.25) is 9.59 Å². The Labute approximate surface area is 130 Å². The summed E-state index contributed by atoms with van der Waals surface area (Å²) in [5, 5.41) is 2.74. The number of carbonyl (C=O) groups excluding carboxylic acids is 3. The van der Waals surface area contributed by atoms with Crippen molar-refractivity contribution in [2.45, 2.75) is 51.1 Å². The number of rotatable bonds is 6. The molecule has 0 bridgehead atoms. The first-order valence-electron chi connectivity index (χ1n) is 7.04. The van der Waals surface area contributed by atoms with Gasteiger partial charge in [0.2, 0.25) is 12.3 Å². The van der Waals surface area contributed by atoms with Crippen LogP contribution in [-0.4, -0.2) is 53.0 Å². The van der Waals surface area contributed by atoms with Crippen LogP contribution in [0.2, 0.25) is 0 Å². The molecule has 0 unspecified atom stereocenters. The molecule has 6 nitrogen and oxygen atoms in total. The van der Waals surface area contributed by atoms with Crippen LogP contribution in [0.5, 0.6) is 0 Å². The van der Waals surface area contributed by atoms with Gasteiger partial charge in [-0.1, -0.05) is 20.3 Å². The Balaban J connectivity index is 2.83. The smallest absolute Gasteiger partial charge is 0.328 e. The minimum Gasteiger partial charge on any atom is -0.467 e. The van der Waals surface area contributed by atoms with Gasteiger partial charge in [0.05, 0.1) is 12.0 Å². The zero-order chi connectivity index (χ0) is 16.2. The molecule has 0 spiro atoms. The second-order valence-corrected chi connectivity index (χ2v) is 7.30. The molecule has 0 saturated carbocycles. The first kappa shape index (κ1) is 17.8. The van der Waals surface area contributed by atoms with Crippen LogP contribution in [-0.2, 0) is 19.1 Å². The van der Waals surface area contributed by atoms with Gasteiger partial charge in [-0.05, 0) is 19.8 Å². The Bertz CT molecular complexity index is 414. The Morgan fingerprint density at radius 1 is 1.52 bits per heavy atom. The van der Waals surface area contributed by atoms with Crippen LogP contribution >= 0.6 is 11.8 Å². The van der Waals surface area contributed by atoms with Crippen molar-refractivity contribution in [1.29, 1.82) is 0 Å². The molecule has 0 aromatic heterocycles. The van der Waals surface area contributed by atoms with Crippen LogP contribution in [0.3, 0.4) is 0 Å². The highest BCUT2D eigenvalue weighted by molar-refractivity contribution is 8.00. The first-order valence-corrected chi connectivity index (χ1v) is 8.03. The largest absolute Gasteiger partial charge is 0.467 e. The monoisotopic (exact) mass is 316 g/mol. The summed E-state index contributed by atoms with van der Waals surface area (Å²) in [5.74, 6) is -0.282. The minimum atomic E-state index is -0.685. The van der Waals surface area contributed by atoms with E-state index in [4.69, 9.17) is 4.74 Å². The fourth-order valence-electron chi connectivity index (χ4n) is 2.26. The number of amides is 2. The average Bonchev–Trinajstić information content (AvgIpc) is 2.77. The van der Waals surface area contributed by atoms with E-state index in [1.54, 1.807) is 11.8 Å². The van der Waals surface area contributed by atoms with Gasteiger partial charge in [-0.25, -0.2) is 4.79 Å². The molecule has 1 saturated heterocycles. The fourth-order valence-corrected chi connectivity index (χ4v) is 3.46. The molecule has 0 radical (unpaired) electrons. The van der Waals surface area contributed by atoms with Crippen molar-refractivity contribution >= 4 is 30.0 Å². The Morgan fingerprint density at radius 3 is 2.62 bits per heavy atom. The second-order valence-electron chi connectivity index (χ2n) is 5.68. The summed E-state index contributed by atoms with van der Waals surface area (Å²) >= 11 is 1.54. The summed E-state index contributed by atoms with van der Waals surface area (Å²) in [6.45, 7) is 7.61. The topological polar surface area (TPSA) is 75.7 Å². The fraction of sp³-hybridized carbons (Fsp3) is 0.786.